The number of carbonyl (C=O) groups excluding carboxylic acids is 1. The molecule has 30 heavy (non-hydrogen) atoms. The molecule has 2 aromatic rings. The van der Waals surface area contributed by atoms with Crippen molar-refractivity contribution < 1.29 is 17.9 Å². The summed E-state index contributed by atoms with van der Waals surface area (Å²) in [7, 11) is -2.30. The highest BCUT2D eigenvalue weighted by molar-refractivity contribution is 7.89. The zero-order chi connectivity index (χ0) is 22.5. The van der Waals surface area contributed by atoms with Gasteiger partial charge in [-0.3, -0.25) is 10.1 Å². The molecule has 0 radical (unpaired) electrons. The molecule has 1 heterocycles. The summed E-state index contributed by atoms with van der Waals surface area (Å²) in [6.07, 6.45) is 1.56. The van der Waals surface area contributed by atoms with E-state index in [4.69, 9.17) is 16.2 Å². The summed E-state index contributed by atoms with van der Waals surface area (Å²) in [5, 5.41) is 5.01. The van der Waals surface area contributed by atoms with Crippen LogP contribution in [0, 0.1) is 20.8 Å². The highest BCUT2D eigenvalue weighted by Crippen LogP contribution is 2.30. The van der Waals surface area contributed by atoms with E-state index in [1.165, 1.54) is 11.3 Å². The Morgan fingerprint density at radius 3 is 2.57 bits per heavy atom. The van der Waals surface area contributed by atoms with Gasteiger partial charge in [-0.2, -0.15) is 4.72 Å². The molecule has 0 aliphatic heterocycles. The Balaban J connectivity index is 1.91. The molecule has 0 amide bonds. The van der Waals surface area contributed by atoms with Crippen molar-refractivity contribution in [2.24, 2.45) is 11.5 Å². The number of aromatic nitrogens is 1. The van der Waals surface area contributed by atoms with Crippen LogP contribution in [0.25, 0.3) is 0 Å². The van der Waals surface area contributed by atoms with Crippen LogP contribution in [-0.4, -0.2) is 45.2 Å². The van der Waals surface area contributed by atoms with Crippen LogP contribution in [-0.2, 0) is 10.0 Å². The van der Waals surface area contributed by atoms with Crippen molar-refractivity contribution >= 4 is 27.1 Å². The van der Waals surface area contributed by atoms with Crippen LogP contribution in [0.2, 0.25) is 0 Å². The smallest absolute Gasteiger partial charge is 0.243 e. The van der Waals surface area contributed by atoms with Gasteiger partial charge in [-0.25, -0.2) is 13.4 Å². The lowest BCUT2D eigenvalue weighted by atomic mass is 10.1. The normalized spacial score (nSPS) is 13.8. The molecule has 2 rings (SSSR count). The van der Waals surface area contributed by atoms with E-state index in [0.29, 0.717) is 41.3 Å². The summed E-state index contributed by atoms with van der Waals surface area (Å²) >= 11 is 1.25. The van der Waals surface area contributed by atoms with Crippen molar-refractivity contribution in [1.29, 1.82) is 0 Å². The minimum atomic E-state index is -3.84. The summed E-state index contributed by atoms with van der Waals surface area (Å²) in [5.74, 6) is 0.436. The predicted octanol–water partition coefficient (Wildman–Crippen LogP) is 1.18. The molecule has 166 valence electrons. The van der Waals surface area contributed by atoms with Crippen LogP contribution in [0.3, 0.4) is 0 Å². The monoisotopic (exact) mass is 455 g/mol. The van der Waals surface area contributed by atoms with E-state index >= 15 is 0 Å². The van der Waals surface area contributed by atoms with Gasteiger partial charge in [-0.05, 0) is 62.9 Å². The topological polar surface area (TPSA) is 149 Å². The van der Waals surface area contributed by atoms with Crippen LogP contribution in [0.15, 0.2) is 22.5 Å². The Labute approximate surface area is 181 Å². The molecule has 0 aliphatic carbocycles. The van der Waals surface area contributed by atoms with Gasteiger partial charge in [0.05, 0.1) is 18.0 Å². The number of hydrogen-bond acceptors (Lipinski definition) is 9. The lowest BCUT2D eigenvalue weighted by Gasteiger charge is -2.20. The fourth-order valence-corrected chi connectivity index (χ4v) is 5.34. The van der Waals surface area contributed by atoms with Crippen molar-refractivity contribution in [2.45, 2.75) is 50.8 Å². The maximum atomic E-state index is 12.9. The molecule has 1 aromatic carbocycles. The number of sulfonamides is 1. The summed E-state index contributed by atoms with van der Waals surface area (Å²) in [5.41, 5.74) is 13.8. The maximum absolute atomic E-state index is 12.9. The van der Waals surface area contributed by atoms with E-state index in [1.54, 1.807) is 45.5 Å². The van der Waals surface area contributed by atoms with Gasteiger partial charge in [0, 0.05) is 11.6 Å². The van der Waals surface area contributed by atoms with Crippen molar-refractivity contribution in [3.63, 3.8) is 0 Å². The van der Waals surface area contributed by atoms with E-state index in [0.717, 1.165) is 5.56 Å². The molecule has 0 fully saturated rings. The van der Waals surface area contributed by atoms with Gasteiger partial charge in [0.2, 0.25) is 15.8 Å². The zero-order valence-corrected chi connectivity index (χ0v) is 19.2. The first-order valence-corrected chi connectivity index (χ1v) is 11.8. The maximum Gasteiger partial charge on any atom is 0.243 e. The number of rotatable bonds is 11. The number of nitrogens with zero attached hydrogens (tertiary/aromatic N) is 1. The fourth-order valence-electron chi connectivity index (χ4n) is 3.13. The summed E-state index contributed by atoms with van der Waals surface area (Å²) in [6, 6.07) is 1.04. The van der Waals surface area contributed by atoms with E-state index in [-0.39, 0.29) is 10.7 Å². The standard InChI is InChI=1S/C19H29N5O4S2/c1-11-10-15(28-4)12(2)13(3)17(11)30(26,27)24-19(21)23-7-5-6-14(20)16(25)18-22-8-9-29-18/h8-10,14,19,23-24H,5-7,20-21H2,1-4H3. The minimum absolute atomic E-state index is 0.189. The van der Waals surface area contributed by atoms with Gasteiger partial charge in [0.15, 0.2) is 5.01 Å². The molecule has 9 nitrogen and oxygen atoms in total. The molecule has 0 bridgehead atoms. The second kappa shape index (κ2) is 10.4. The molecule has 6 N–H and O–H groups in total. The van der Waals surface area contributed by atoms with E-state index < -0.39 is 22.4 Å². The van der Waals surface area contributed by atoms with Crippen molar-refractivity contribution in [2.75, 3.05) is 13.7 Å². The Bertz CT molecular complexity index is 977. The third-order valence-corrected chi connectivity index (χ3v) is 7.30. The number of nitrogens with one attached hydrogen (secondary N) is 2. The number of hydrogen-bond donors (Lipinski definition) is 4. The molecule has 11 heteroatoms. The molecule has 0 saturated carbocycles. The Hall–Kier alpha value is -1.89. The van der Waals surface area contributed by atoms with Crippen molar-refractivity contribution in [3.05, 3.63) is 39.3 Å². The van der Waals surface area contributed by atoms with E-state index in [9.17, 15) is 13.2 Å². The fraction of sp³-hybridized carbons (Fsp3) is 0.474. The van der Waals surface area contributed by atoms with Crippen LogP contribution in [0.5, 0.6) is 5.75 Å². The van der Waals surface area contributed by atoms with Crippen molar-refractivity contribution in [3.8, 4) is 5.75 Å². The van der Waals surface area contributed by atoms with E-state index in [1.807, 2.05) is 0 Å². The van der Waals surface area contributed by atoms with Gasteiger partial charge in [0.25, 0.3) is 0 Å². The van der Waals surface area contributed by atoms with Crippen LogP contribution >= 0.6 is 11.3 Å². The van der Waals surface area contributed by atoms with Crippen molar-refractivity contribution in [1.82, 2.24) is 15.0 Å². The number of methoxy groups -OCH3 is 1. The number of carbonyl (C=O) groups is 1. The number of thiazole rings is 1. The SMILES string of the molecule is COc1cc(C)c(S(=O)(=O)NC(N)NCCCC(N)C(=O)c2nccs2)c(C)c1C. The highest BCUT2D eigenvalue weighted by atomic mass is 32.2. The number of nitrogens with two attached hydrogens (primary N) is 2. The summed E-state index contributed by atoms with van der Waals surface area (Å²) in [4.78, 5) is 16.2. The zero-order valence-electron chi connectivity index (χ0n) is 17.6. The van der Waals surface area contributed by atoms with Crippen LogP contribution in [0.4, 0.5) is 0 Å². The summed E-state index contributed by atoms with van der Waals surface area (Å²) < 4.78 is 33.4. The largest absolute Gasteiger partial charge is 0.496 e. The first-order chi connectivity index (χ1) is 14.1. The molecular formula is C19H29N5O4S2. The van der Waals surface area contributed by atoms with Gasteiger partial charge in [-0.15, -0.1) is 11.3 Å². The molecule has 0 spiro atoms. The van der Waals surface area contributed by atoms with Gasteiger partial charge in [-0.1, -0.05) is 0 Å². The third-order valence-electron chi connectivity index (χ3n) is 4.79. The molecule has 0 aliphatic rings. The minimum Gasteiger partial charge on any atom is -0.496 e. The molecular weight excluding hydrogens is 426 g/mol. The second-order valence-electron chi connectivity index (χ2n) is 6.98. The molecule has 2 atom stereocenters. The number of Topliss-reactive ketones (excluding diaryl/α,β-unsaturated/α-hetero) is 1. The quantitative estimate of drug-likeness (QED) is 0.224. The summed E-state index contributed by atoms with van der Waals surface area (Å²) in [6.45, 7) is 5.64. The number of ketones is 1. The number of benzene rings is 1. The highest BCUT2D eigenvalue weighted by Gasteiger charge is 2.24. The number of ether oxygens (including phenoxy) is 1. The Kier molecular flexibility index (Phi) is 8.47. The van der Waals surface area contributed by atoms with Crippen LogP contribution < -0.4 is 26.2 Å². The molecule has 0 saturated heterocycles. The lowest BCUT2D eigenvalue weighted by molar-refractivity contribution is 0.0956. The number of aryl methyl sites for hydroxylation is 1. The lowest BCUT2D eigenvalue weighted by Crippen LogP contribution is -2.52. The van der Waals surface area contributed by atoms with E-state index in [2.05, 4.69) is 15.0 Å². The predicted molar refractivity (Wildman–Crippen MR) is 117 cm³/mol. The average Bonchev–Trinajstić information content (AvgIpc) is 3.21. The van der Waals surface area contributed by atoms with Gasteiger partial charge < -0.3 is 16.2 Å². The van der Waals surface area contributed by atoms with Crippen LogP contribution in [0.1, 0.15) is 39.3 Å². The molecule has 2 unspecified atom stereocenters. The Morgan fingerprint density at radius 2 is 1.97 bits per heavy atom. The third kappa shape index (κ3) is 5.84. The average molecular weight is 456 g/mol. The molecule has 1 aromatic heterocycles. The first kappa shape index (κ1) is 24.4. The second-order valence-corrected chi connectivity index (χ2v) is 9.52. The Morgan fingerprint density at radius 1 is 1.27 bits per heavy atom. The first-order valence-electron chi connectivity index (χ1n) is 9.43. The van der Waals surface area contributed by atoms with Gasteiger partial charge >= 0.3 is 0 Å². The van der Waals surface area contributed by atoms with Gasteiger partial charge in [0.1, 0.15) is 12.0 Å².